The molecule has 2 aliphatic rings. The lowest BCUT2D eigenvalue weighted by atomic mass is 10.2. The van der Waals surface area contributed by atoms with Gasteiger partial charge in [-0.1, -0.05) is 0 Å². The Bertz CT molecular complexity index is 287. The summed E-state index contributed by atoms with van der Waals surface area (Å²) in [5.74, 6) is 0.161. The number of hydrogen-bond donors (Lipinski definition) is 1. The lowest BCUT2D eigenvalue weighted by Gasteiger charge is -2.36. The molecule has 1 fully saturated rings. The maximum Gasteiger partial charge on any atom is 0.236 e. The van der Waals surface area contributed by atoms with Gasteiger partial charge in [0.15, 0.2) is 6.34 Å². The lowest BCUT2D eigenvalue weighted by Crippen LogP contribution is -2.55. The van der Waals surface area contributed by atoms with Crippen LogP contribution in [0.5, 0.6) is 0 Å². The fraction of sp³-hybridized carbons (Fsp3) is 0.556. The molecule has 0 aliphatic carbocycles. The average molecular weight is 193 g/mol. The molecule has 0 spiro atoms. The van der Waals surface area contributed by atoms with E-state index in [1.165, 1.54) is 0 Å². The molecule has 5 nitrogen and oxygen atoms in total. The Morgan fingerprint density at radius 3 is 3.14 bits per heavy atom. The first kappa shape index (κ1) is 9.21. The smallest absolute Gasteiger partial charge is 0.236 e. The summed E-state index contributed by atoms with van der Waals surface area (Å²) in [6.07, 6.45) is 6.36. The Labute approximate surface area is 83.1 Å². The molecule has 1 radical (unpaired) electrons. The Morgan fingerprint density at radius 2 is 2.50 bits per heavy atom. The van der Waals surface area contributed by atoms with Gasteiger partial charge in [0.05, 0.1) is 6.54 Å². The van der Waals surface area contributed by atoms with Crippen LogP contribution >= 0.6 is 0 Å². The molecule has 75 valence electrons. The van der Waals surface area contributed by atoms with E-state index in [-0.39, 0.29) is 12.1 Å². The number of carbonyl (C=O) groups excluding carboxylic acids is 1. The largest absolute Gasteiger partial charge is 0.348 e. The van der Waals surface area contributed by atoms with Crippen molar-refractivity contribution >= 4 is 12.2 Å². The second-order valence-electron chi connectivity index (χ2n) is 3.46. The molecule has 5 heteroatoms. The molecule has 0 aromatic heterocycles. The zero-order valence-electron chi connectivity index (χ0n) is 8.10. The first-order valence-electron chi connectivity index (χ1n) is 4.62. The summed E-state index contributed by atoms with van der Waals surface area (Å²) < 4.78 is 0. The van der Waals surface area contributed by atoms with Crippen LogP contribution < -0.4 is 5.32 Å². The van der Waals surface area contributed by atoms with Crippen molar-refractivity contribution in [1.82, 2.24) is 15.1 Å². The van der Waals surface area contributed by atoms with Gasteiger partial charge in [0.1, 0.15) is 6.17 Å². The van der Waals surface area contributed by atoms with Gasteiger partial charge >= 0.3 is 0 Å². The summed E-state index contributed by atoms with van der Waals surface area (Å²) in [5.41, 5.74) is 0. The Morgan fingerprint density at radius 1 is 1.64 bits per heavy atom. The summed E-state index contributed by atoms with van der Waals surface area (Å²) in [6.45, 7) is 2.12. The van der Waals surface area contributed by atoms with Crippen LogP contribution in [0.4, 0.5) is 0 Å². The van der Waals surface area contributed by atoms with Gasteiger partial charge in [-0.15, -0.1) is 0 Å². The number of carbonyl (C=O) groups is 1. The third kappa shape index (κ3) is 1.77. The van der Waals surface area contributed by atoms with Crippen molar-refractivity contribution < 1.29 is 4.79 Å². The van der Waals surface area contributed by atoms with Crippen LogP contribution in [0, 0.1) is 0 Å². The van der Waals surface area contributed by atoms with Crippen molar-refractivity contribution in [3.63, 3.8) is 0 Å². The van der Waals surface area contributed by atoms with Gasteiger partial charge in [-0.05, 0) is 6.08 Å². The highest BCUT2D eigenvalue weighted by Gasteiger charge is 2.25. The minimum absolute atomic E-state index is 0.0603. The fourth-order valence-electron chi connectivity index (χ4n) is 1.54. The van der Waals surface area contributed by atoms with E-state index in [0.29, 0.717) is 6.54 Å². The molecule has 1 N–H and O–H groups in total. The van der Waals surface area contributed by atoms with E-state index in [0.717, 1.165) is 13.1 Å². The van der Waals surface area contributed by atoms with Gasteiger partial charge in [-0.2, -0.15) is 0 Å². The topological polar surface area (TPSA) is 47.9 Å². The summed E-state index contributed by atoms with van der Waals surface area (Å²) in [5, 5.41) is 2.98. The summed E-state index contributed by atoms with van der Waals surface area (Å²) in [6, 6.07) is 0. The van der Waals surface area contributed by atoms with E-state index in [1.807, 2.05) is 13.1 Å². The van der Waals surface area contributed by atoms with E-state index >= 15 is 0 Å². The number of piperazine rings is 1. The number of amides is 1. The molecule has 14 heavy (non-hydrogen) atoms. The van der Waals surface area contributed by atoms with Gasteiger partial charge < -0.3 is 10.2 Å². The molecule has 1 unspecified atom stereocenters. The number of aliphatic imine (C=N–C) groups is 1. The molecule has 2 aliphatic heterocycles. The molecule has 0 aromatic rings. The third-order valence-corrected chi connectivity index (χ3v) is 2.50. The minimum atomic E-state index is 0.0603. The predicted octanol–water partition coefficient (Wildman–Crippen LogP) is -0.891. The molecule has 1 atom stereocenters. The maximum atomic E-state index is 11.4. The van der Waals surface area contributed by atoms with E-state index < -0.39 is 0 Å². The van der Waals surface area contributed by atoms with Crippen molar-refractivity contribution in [1.29, 1.82) is 0 Å². The molecule has 1 amide bonds. The van der Waals surface area contributed by atoms with E-state index in [2.05, 4.69) is 21.5 Å². The Balaban J connectivity index is 1.96. The second-order valence-corrected chi connectivity index (χ2v) is 3.46. The zero-order valence-corrected chi connectivity index (χ0v) is 8.10. The third-order valence-electron chi connectivity index (χ3n) is 2.50. The minimum Gasteiger partial charge on any atom is -0.348 e. The maximum absolute atomic E-state index is 11.4. The fourth-order valence-corrected chi connectivity index (χ4v) is 1.54. The van der Waals surface area contributed by atoms with Crippen molar-refractivity contribution in [2.75, 3.05) is 26.7 Å². The summed E-state index contributed by atoms with van der Waals surface area (Å²) in [4.78, 5) is 19.0. The van der Waals surface area contributed by atoms with Crippen LogP contribution in [0.2, 0.25) is 0 Å². The first-order chi connectivity index (χ1) is 6.77. The molecule has 1 saturated heterocycles. The van der Waals surface area contributed by atoms with Crippen molar-refractivity contribution in [3.05, 3.63) is 12.3 Å². The molecule has 2 rings (SSSR count). The van der Waals surface area contributed by atoms with Crippen LogP contribution in [-0.2, 0) is 4.79 Å². The Hall–Kier alpha value is -1.36. The van der Waals surface area contributed by atoms with Crippen molar-refractivity contribution in [2.45, 2.75) is 6.17 Å². The van der Waals surface area contributed by atoms with Crippen LogP contribution in [0.1, 0.15) is 0 Å². The van der Waals surface area contributed by atoms with Crippen LogP contribution in [0.15, 0.2) is 17.3 Å². The molecular weight excluding hydrogens is 180 g/mol. The predicted molar refractivity (Wildman–Crippen MR) is 52.7 cm³/mol. The lowest BCUT2D eigenvalue weighted by molar-refractivity contribution is -0.135. The Kier molecular flexibility index (Phi) is 2.49. The zero-order chi connectivity index (χ0) is 9.97. The highest BCUT2D eigenvalue weighted by Crippen LogP contribution is 2.06. The van der Waals surface area contributed by atoms with Crippen LogP contribution in [0.25, 0.3) is 0 Å². The second kappa shape index (κ2) is 3.79. The number of nitrogens with zero attached hydrogens (tertiary/aromatic N) is 3. The molecule has 2 heterocycles. The highest BCUT2D eigenvalue weighted by atomic mass is 16.2. The number of nitrogens with one attached hydrogen (secondary N) is 1. The SMILES string of the molecule is CN1CCN(C2C=CN=[C]N2)CC1=O. The monoisotopic (exact) mass is 193 g/mol. The molecule has 0 bridgehead atoms. The number of rotatable bonds is 1. The van der Waals surface area contributed by atoms with Gasteiger partial charge in [0.2, 0.25) is 5.91 Å². The van der Waals surface area contributed by atoms with E-state index in [4.69, 9.17) is 0 Å². The van der Waals surface area contributed by atoms with Crippen LogP contribution in [0.3, 0.4) is 0 Å². The van der Waals surface area contributed by atoms with Gasteiger partial charge in [0, 0.05) is 26.3 Å². The summed E-state index contributed by atoms with van der Waals surface area (Å²) >= 11 is 0. The normalized spacial score (nSPS) is 27.9. The van der Waals surface area contributed by atoms with Crippen LogP contribution in [-0.4, -0.2) is 54.9 Å². The first-order valence-corrected chi connectivity index (χ1v) is 4.62. The van der Waals surface area contributed by atoms with Gasteiger partial charge in [-0.3, -0.25) is 9.69 Å². The summed E-state index contributed by atoms with van der Waals surface area (Å²) in [7, 11) is 1.83. The van der Waals surface area contributed by atoms with E-state index in [9.17, 15) is 4.79 Å². The van der Waals surface area contributed by atoms with Gasteiger partial charge in [-0.25, -0.2) is 4.99 Å². The van der Waals surface area contributed by atoms with E-state index in [1.54, 1.807) is 11.1 Å². The molecule has 0 saturated carbocycles. The van der Waals surface area contributed by atoms with Gasteiger partial charge in [0.25, 0.3) is 0 Å². The number of hydrogen-bond acceptors (Lipinski definition) is 4. The highest BCUT2D eigenvalue weighted by molar-refractivity contribution is 5.78. The molecular formula is C9H13N4O. The average Bonchev–Trinajstić information content (AvgIpc) is 2.23. The quantitative estimate of drug-likeness (QED) is 0.587. The molecule has 0 aromatic carbocycles. The standard InChI is InChI=1S/C9H13N4O/c1-12-4-5-13(6-9(12)14)8-2-3-10-7-11-8/h2-3,8H,4-6H2,1H3,(H,10,11). The number of likely N-dealkylation sites (N-methyl/N-ethyl adjacent to an activating group) is 1. The van der Waals surface area contributed by atoms with Crippen molar-refractivity contribution in [3.8, 4) is 0 Å². The van der Waals surface area contributed by atoms with Crippen molar-refractivity contribution in [2.24, 2.45) is 4.99 Å².